The van der Waals surface area contributed by atoms with Crippen molar-refractivity contribution in [3.63, 3.8) is 0 Å². The number of carbonyl (C=O) groups is 2. The van der Waals surface area contributed by atoms with Crippen LogP contribution in [0.25, 0.3) is 0 Å². The predicted octanol–water partition coefficient (Wildman–Crippen LogP) is 1.53. The van der Waals surface area contributed by atoms with Gasteiger partial charge in [0.05, 0.1) is 30.6 Å². The molecule has 2 aliphatic heterocycles. The molecule has 1 saturated heterocycles. The van der Waals surface area contributed by atoms with Gasteiger partial charge in [-0.15, -0.1) is 0 Å². The van der Waals surface area contributed by atoms with Crippen LogP contribution < -0.4 is 25.2 Å². The molecule has 2 aromatic rings. The first-order valence-electron chi connectivity index (χ1n) is 11.5. The van der Waals surface area contributed by atoms with Gasteiger partial charge in [0, 0.05) is 13.1 Å². The fourth-order valence-corrected chi connectivity index (χ4v) is 4.21. The van der Waals surface area contributed by atoms with Gasteiger partial charge in [0.15, 0.2) is 5.82 Å². The summed E-state index contributed by atoms with van der Waals surface area (Å²) in [6.07, 6.45) is -1.67. The second-order valence-corrected chi connectivity index (χ2v) is 8.81. The molecule has 2 aromatic heterocycles. The molecular formula is C23H28F2N6O5. The van der Waals surface area contributed by atoms with Gasteiger partial charge >= 0.3 is 6.03 Å². The van der Waals surface area contributed by atoms with E-state index in [4.69, 9.17) is 9.84 Å². The number of amides is 3. The zero-order chi connectivity index (χ0) is 26.0. The number of ether oxygens (including phenoxy) is 1. The van der Waals surface area contributed by atoms with E-state index in [1.54, 1.807) is 13.0 Å². The van der Waals surface area contributed by atoms with E-state index in [-0.39, 0.29) is 30.0 Å². The number of aryl methyl sites for hydroxylation is 1. The zero-order valence-corrected chi connectivity index (χ0v) is 19.8. The Morgan fingerprint density at radius 1 is 1.33 bits per heavy atom. The van der Waals surface area contributed by atoms with E-state index in [9.17, 15) is 23.5 Å². The number of hydrogen-bond donors (Lipinski definition) is 4. The van der Waals surface area contributed by atoms with Gasteiger partial charge < -0.3 is 25.2 Å². The minimum absolute atomic E-state index is 0.0521. The summed E-state index contributed by atoms with van der Waals surface area (Å²) in [7, 11) is 0. The van der Waals surface area contributed by atoms with Crippen LogP contribution in [0, 0.1) is 6.92 Å². The number of alkyl halides is 2. The Morgan fingerprint density at radius 3 is 2.78 bits per heavy atom. The number of aliphatic hydroxyl groups is 2. The number of rotatable bonds is 8. The Kier molecular flexibility index (Phi) is 7.50. The van der Waals surface area contributed by atoms with Crippen LogP contribution in [0.1, 0.15) is 29.4 Å². The molecule has 3 amide bonds. The molecule has 0 radical (unpaired) electrons. The van der Waals surface area contributed by atoms with E-state index in [1.165, 1.54) is 30.2 Å². The maximum atomic E-state index is 13.3. The van der Waals surface area contributed by atoms with Gasteiger partial charge in [0.25, 0.3) is 12.3 Å². The first-order valence-corrected chi connectivity index (χ1v) is 11.5. The molecule has 0 aliphatic carbocycles. The number of carbonyl (C=O) groups excluding carboxylic acids is 2. The first kappa shape index (κ1) is 25.5. The SMILES string of the molecule is Cc1cc(C(=O)N[C@H](C)C(F)F)nc2c1N1CC[C@@H](C1)N2C(=O)Nc1ccc(OC[C@@H](O)CO)cn1. The third-order valence-electron chi connectivity index (χ3n) is 6.05. The zero-order valence-electron chi connectivity index (χ0n) is 19.8. The second-order valence-electron chi connectivity index (χ2n) is 8.81. The van der Waals surface area contributed by atoms with Crippen LogP contribution in [0.15, 0.2) is 24.4 Å². The van der Waals surface area contributed by atoms with Gasteiger partial charge in [0.1, 0.15) is 30.0 Å². The van der Waals surface area contributed by atoms with Crippen molar-refractivity contribution in [2.24, 2.45) is 0 Å². The number of nitrogens with zero attached hydrogens (tertiary/aromatic N) is 4. The van der Waals surface area contributed by atoms with E-state index in [0.717, 1.165) is 5.69 Å². The topological polar surface area (TPSA) is 140 Å². The highest BCUT2D eigenvalue weighted by Crippen LogP contribution is 2.41. The molecule has 194 valence electrons. The fourth-order valence-electron chi connectivity index (χ4n) is 4.21. The molecule has 36 heavy (non-hydrogen) atoms. The van der Waals surface area contributed by atoms with E-state index in [0.29, 0.717) is 30.8 Å². The molecule has 4 rings (SSSR count). The number of nitrogens with one attached hydrogen (secondary N) is 2. The Labute approximate surface area is 206 Å². The van der Waals surface area contributed by atoms with Crippen LogP contribution >= 0.6 is 0 Å². The van der Waals surface area contributed by atoms with Crippen molar-refractivity contribution >= 4 is 29.3 Å². The summed E-state index contributed by atoms with van der Waals surface area (Å²) in [6, 6.07) is 2.59. The molecule has 0 spiro atoms. The quantitative estimate of drug-likeness (QED) is 0.423. The van der Waals surface area contributed by atoms with E-state index >= 15 is 0 Å². The number of urea groups is 1. The lowest BCUT2D eigenvalue weighted by Crippen LogP contribution is -2.49. The normalized spacial score (nSPS) is 18.0. The first-order chi connectivity index (χ1) is 17.2. The van der Waals surface area contributed by atoms with Gasteiger partial charge in [-0.05, 0) is 44.0 Å². The Bertz CT molecular complexity index is 1120. The van der Waals surface area contributed by atoms with Crippen LogP contribution in [0.5, 0.6) is 5.75 Å². The molecule has 4 heterocycles. The molecular weight excluding hydrogens is 478 g/mol. The molecule has 0 saturated carbocycles. The van der Waals surface area contributed by atoms with Gasteiger partial charge in [-0.3, -0.25) is 15.0 Å². The number of aromatic nitrogens is 2. The molecule has 0 unspecified atom stereocenters. The van der Waals surface area contributed by atoms with Crippen LogP contribution in [0.3, 0.4) is 0 Å². The number of anilines is 3. The third-order valence-corrected chi connectivity index (χ3v) is 6.05. The average molecular weight is 507 g/mol. The predicted molar refractivity (Wildman–Crippen MR) is 127 cm³/mol. The Balaban J connectivity index is 1.55. The van der Waals surface area contributed by atoms with Gasteiger partial charge in [-0.25, -0.2) is 23.5 Å². The summed E-state index contributed by atoms with van der Waals surface area (Å²) >= 11 is 0. The van der Waals surface area contributed by atoms with Crippen molar-refractivity contribution in [2.45, 2.75) is 44.9 Å². The van der Waals surface area contributed by atoms with Crippen LogP contribution in [-0.4, -0.2) is 83.0 Å². The van der Waals surface area contributed by atoms with Crippen LogP contribution in [0.4, 0.5) is 30.9 Å². The maximum absolute atomic E-state index is 13.3. The third kappa shape index (κ3) is 5.31. The maximum Gasteiger partial charge on any atom is 0.329 e. The fraction of sp³-hybridized carbons (Fsp3) is 0.478. The molecule has 4 N–H and O–H groups in total. The number of hydrogen-bond acceptors (Lipinski definition) is 8. The highest BCUT2D eigenvalue weighted by atomic mass is 19.3. The van der Waals surface area contributed by atoms with Crippen molar-refractivity contribution in [1.82, 2.24) is 15.3 Å². The number of aliphatic hydroxyl groups excluding tert-OH is 2. The summed E-state index contributed by atoms with van der Waals surface area (Å²) in [5.74, 6) is 0.134. The van der Waals surface area contributed by atoms with Crippen molar-refractivity contribution in [3.8, 4) is 5.75 Å². The monoisotopic (exact) mass is 506 g/mol. The standard InChI is InChI=1S/C23H28F2N6O5/c1-12-7-17(22(34)27-13(2)20(24)25)28-21-19(12)30-6-5-14(9-30)31(21)23(35)29-18-4-3-16(8-26-18)36-11-15(33)10-32/h3-4,7-8,13-15,20,32-33H,5-6,9-11H2,1-2H3,(H,27,34)(H,26,29,35)/t13-,14+,15+/m1/s1. The highest BCUT2D eigenvalue weighted by Gasteiger charge is 2.41. The Hall–Kier alpha value is -3.58. The summed E-state index contributed by atoms with van der Waals surface area (Å²) < 4.78 is 31.2. The summed E-state index contributed by atoms with van der Waals surface area (Å²) in [5.41, 5.74) is 1.37. The van der Waals surface area contributed by atoms with Crippen molar-refractivity contribution in [1.29, 1.82) is 0 Å². The minimum Gasteiger partial charge on any atom is -0.489 e. The smallest absolute Gasteiger partial charge is 0.329 e. The van der Waals surface area contributed by atoms with Gasteiger partial charge in [0.2, 0.25) is 0 Å². The van der Waals surface area contributed by atoms with E-state index in [1.807, 2.05) is 0 Å². The molecule has 13 heteroatoms. The molecule has 3 atom stereocenters. The molecule has 0 aromatic carbocycles. The van der Waals surface area contributed by atoms with Crippen molar-refractivity contribution in [2.75, 3.05) is 41.4 Å². The van der Waals surface area contributed by atoms with Crippen molar-refractivity contribution in [3.05, 3.63) is 35.7 Å². The largest absolute Gasteiger partial charge is 0.489 e. The molecule has 2 bridgehead atoms. The molecule has 11 nitrogen and oxygen atoms in total. The average Bonchev–Trinajstić information content (AvgIpc) is 3.25. The second kappa shape index (κ2) is 10.6. The highest BCUT2D eigenvalue weighted by molar-refractivity contribution is 6.05. The molecule has 1 fully saturated rings. The minimum atomic E-state index is -2.72. The van der Waals surface area contributed by atoms with Gasteiger partial charge in [-0.1, -0.05) is 0 Å². The number of fused-ring (bicyclic) bond motifs is 4. The summed E-state index contributed by atoms with van der Waals surface area (Å²) in [4.78, 5) is 38.1. The number of halogens is 2. The summed E-state index contributed by atoms with van der Waals surface area (Å²) in [6.45, 7) is 3.77. The lowest BCUT2D eigenvalue weighted by atomic mass is 10.1. The summed E-state index contributed by atoms with van der Waals surface area (Å²) in [5, 5.41) is 23.2. The van der Waals surface area contributed by atoms with Gasteiger partial charge in [-0.2, -0.15) is 0 Å². The molecule has 2 aliphatic rings. The lowest BCUT2D eigenvalue weighted by molar-refractivity contribution is 0.0535. The number of pyridine rings is 2. The van der Waals surface area contributed by atoms with Crippen LogP contribution in [-0.2, 0) is 0 Å². The van der Waals surface area contributed by atoms with Crippen molar-refractivity contribution < 1.29 is 33.3 Å². The van der Waals surface area contributed by atoms with E-state index < -0.39 is 37.1 Å². The lowest BCUT2D eigenvalue weighted by Gasteiger charge is -2.36. The van der Waals surface area contributed by atoms with E-state index in [2.05, 4.69) is 25.5 Å². The van der Waals surface area contributed by atoms with Crippen LogP contribution in [0.2, 0.25) is 0 Å². The Morgan fingerprint density at radius 2 is 2.11 bits per heavy atom.